The average Bonchev–Trinajstić information content (AvgIpc) is 2.72. The van der Waals surface area contributed by atoms with Crippen molar-refractivity contribution < 1.29 is 9.59 Å². The monoisotopic (exact) mass is 412 g/mol. The van der Waals surface area contributed by atoms with E-state index >= 15 is 0 Å². The van der Waals surface area contributed by atoms with Crippen molar-refractivity contribution in [3.8, 4) is 0 Å². The number of nitrogens with zero attached hydrogens (tertiary/aromatic N) is 2. The summed E-state index contributed by atoms with van der Waals surface area (Å²) >= 11 is 1.64. The predicted octanol–water partition coefficient (Wildman–Crippen LogP) is 2.53. The maximum Gasteiger partial charge on any atom is 0.238 e. The molecule has 0 saturated carbocycles. The van der Waals surface area contributed by atoms with E-state index in [-0.39, 0.29) is 11.8 Å². The standard InChI is InChI=1S/C22H28N4O2S/c1-2-23-21(27)16-25-12-14-26(15-13-25)17-22(28)24-19-10-6-7-11-20(19)29-18-8-4-3-5-9-18/h3-11H,2,12-17H2,1H3,(H,23,27)(H,24,28). The van der Waals surface area contributed by atoms with E-state index in [1.165, 1.54) is 0 Å². The van der Waals surface area contributed by atoms with Crippen LogP contribution in [0.1, 0.15) is 6.92 Å². The number of hydrogen-bond donors (Lipinski definition) is 2. The zero-order valence-corrected chi connectivity index (χ0v) is 17.6. The molecule has 1 saturated heterocycles. The van der Waals surface area contributed by atoms with Crippen molar-refractivity contribution in [1.82, 2.24) is 15.1 Å². The third-order valence-corrected chi connectivity index (χ3v) is 5.79. The quantitative estimate of drug-likeness (QED) is 0.698. The number of piperazine rings is 1. The maximum absolute atomic E-state index is 12.6. The van der Waals surface area contributed by atoms with Gasteiger partial charge in [0.15, 0.2) is 0 Å². The Morgan fingerprint density at radius 1 is 0.862 bits per heavy atom. The smallest absolute Gasteiger partial charge is 0.238 e. The summed E-state index contributed by atoms with van der Waals surface area (Å²) in [5, 5.41) is 5.88. The molecule has 1 aliphatic rings. The van der Waals surface area contributed by atoms with Crippen LogP contribution >= 0.6 is 11.8 Å². The average molecular weight is 413 g/mol. The number of nitrogens with one attached hydrogen (secondary N) is 2. The number of hydrogen-bond acceptors (Lipinski definition) is 5. The van der Waals surface area contributed by atoms with E-state index in [1.54, 1.807) is 11.8 Å². The molecule has 3 rings (SSSR count). The second-order valence-electron chi connectivity index (χ2n) is 6.97. The Kier molecular flexibility index (Phi) is 8.10. The minimum atomic E-state index is -0.0108. The van der Waals surface area contributed by atoms with Gasteiger partial charge in [0.05, 0.1) is 18.8 Å². The van der Waals surface area contributed by atoms with Crippen molar-refractivity contribution in [3.05, 3.63) is 54.6 Å². The SMILES string of the molecule is CCNC(=O)CN1CCN(CC(=O)Nc2ccccc2Sc2ccccc2)CC1. The van der Waals surface area contributed by atoms with E-state index in [0.29, 0.717) is 19.6 Å². The van der Waals surface area contributed by atoms with E-state index in [9.17, 15) is 9.59 Å². The van der Waals surface area contributed by atoms with Gasteiger partial charge in [-0.2, -0.15) is 0 Å². The van der Waals surface area contributed by atoms with E-state index < -0.39 is 0 Å². The van der Waals surface area contributed by atoms with Crippen LogP contribution in [0, 0.1) is 0 Å². The van der Waals surface area contributed by atoms with Gasteiger partial charge >= 0.3 is 0 Å². The fourth-order valence-corrected chi connectivity index (χ4v) is 4.15. The molecule has 0 spiro atoms. The Labute approximate surface area is 176 Å². The van der Waals surface area contributed by atoms with Crippen LogP contribution < -0.4 is 10.6 Å². The molecule has 29 heavy (non-hydrogen) atoms. The highest BCUT2D eigenvalue weighted by Crippen LogP contribution is 2.33. The minimum Gasteiger partial charge on any atom is -0.355 e. The molecule has 2 amide bonds. The molecule has 0 unspecified atom stereocenters. The van der Waals surface area contributed by atoms with Crippen LogP contribution in [-0.4, -0.2) is 67.4 Å². The third-order valence-electron chi connectivity index (χ3n) is 4.71. The summed E-state index contributed by atoms with van der Waals surface area (Å²) in [6, 6.07) is 18.0. The molecule has 2 aromatic rings. The van der Waals surface area contributed by atoms with Gasteiger partial charge in [-0.15, -0.1) is 0 Å². The molecule has 154 valence electrons. The van der Waals surface area contributed by atoms with Crippen LogP contribution in [0.4, 0.5) is 5.69 Å². The Balaban J connectivity index is 1.49. The number of amides is 2. The molecule has 0 aromatic heterocycles. The molecule has 0 radical (unpaired) electrons. The summed E-state index contributed by atoms with van der Waals surface area (Å²) in [5.41, 5.74) is 0.834. The predicted molar refractivity (Wildman–Crippen MR) is 117 cm³/mol. The summed E-state index contributed by atoms with van der Waals surface area (Å²) < 4.78 is 0. The first-order valence-corrected chi connectivity index (χ1v) is 10.8. The molecule has 2 N–H and O–H groups in total. The van der Waals surface area contributed by atoms with E-state index in [0.717, 1.165) is 41.7 Å². The lowest BCUT2D eigenvalue weighted by Gasteiger charge is -2.33. The second-order valence-corrected chi connectivity index (χ2v) is 8.08. The second kappa shape index (κ2) is 11.0. The number of carbonyl (C=O) groups is 2. The first kappa shape index (κ1) is 21.4. The summed E-state index contributed by atoms with van der Waals surface area (Å²) in [4.78, 5) is 30.7. The van der Waals surface area contributed by atoms with E-state index in [2.05, 4.69) is 32.6 Å². The first-order valence-electron chi connectivity index (χ1n) is 9.97. The van der Waals surface area contributed by atoms with Crippen LogP contribution in [0.25, 0.3) is 0 Å². The van der Waals surface area contributed by atoms with Gasteiger partial charge in [0.25, 0.3) is 0 Å². The molecule has 6 nitrogen and oxygen atoms in total. The van der Waals surface area contributed by atoms with Crippen LogP contribution in [0.5, 0.6) is 0 Å². The minimum absolute atomic E-state index is 0.0108. The summed E-state index contributed by atoms with van der Waals surface area (Å²) in [5.74, 6) is 0.0505. The van der Waals surface area contributed by atoms with Gasteiger partial charge in [-0.05, 0) is 31.2 Å². The van der Waals surface area contributed by atoms with Crippen molar-refractivity contribution in [2.24, 2.45) is 0 Å². The number of carbonyl (C=O) groups excluding carboxylic acids is 2. The van der Waals surface area contributed by atoms with Crippen molar-refractivity contribution >= 4 is 29.3 Å². The van der Waals surface area contributed by atoms with Gasteiger partial charge in [-0.3, -0.25) is 19.4 Å². The Morgan fingerprint density at radius 3 is 2.10 bits per heavy atom. The summed E-state index contributed by atoms with van der Waals surface area (Å²) in [6.07, 6.45) is 0. The highest BCUT2D eigenvalue weighted by molar-refractivity contribution is 7.99. The molecule has 1 aliphatic heterocycles. The third kappa shape index (κ3) is 6.88. The molecule has 2 aromatic carbocycles. The van der Waals surface area contributed by atoms with Crippen LogP contribution in [-0.2, 0) is 9.59 Å². The Bertz CT molecular complexity index is 807. The fourth-order valence-electron chi connectivity index (χ4n) is 3.23. The number of benzene rings is 2. The number of rotatable bonds is 8. The number of likely N-dealkylation sites (N-methyl/N-ethyl adjacent to an activating group) is 1. The Morgan fingerprint density at radius 2 is 1.45 bits per heavy atom. The Hall–Kier alpha value is -2.35. The van der Waals surface area contributed by atoms with Crippen molar-refractivity contribution in [2.45, 2.75) is 16.7 Å². The van der Waals surface area contributed by atoms with Crippen molar-refractivity contribution in [2.75, 3.05) is 51.1 Å². The topological polar surface area (TPSA) is 64.7 Å². The van der Waals surface area contributed by atoms with Gasteiger partial charge in [0, 0.05) is 42.5 Å². The first-order chi connectivity index (χ1) is 14.1. The van der Waals surface area contributed by atoms with E-state index in [1.807, 2.05) is 49.4 Å². The van der Waals surface area contributed by atoms with Gasteiger partial charge in [0.1, 0.15) is 0 Å². The van der Waals surface area contributed by atoms with Crippen LogP contribution in [0.15, 0.2) is 64.4 Å². The van der Waals surface area contributed by atoms with Gasteiger partial charge in [-0.25, -0.2) is 0 Å². The zero-order valence-electron chi connectivity index (χ0n) is 16.8. The lowest BCUT2D eigenvalue weighted by atomic mass is 10.3. The summed E-state index contributed by atoms with van der Waals surface area (Å²) in [7, 11) is 0. The van der Waals surface area contributed by atoms with Crippen molar-refractivity contribution in [1.29, 1.82) is 0 Å². The molecular formula is C22H28N4O2S. The largest absolute Gasteiger partial charge is 0.355 e. The van der Waals surface area contributed by atoms with Crippen LogP contribution in [0.2, 0.25) is 0 Å². The zero-order chi connectivity index (χ0) is 20.5. The molecular weight excluding hydrogens is 384 g/mol. The van der Waals surface area contributed by atoms with E-state index in [4.69, 9.17) is 0 Å². The number of anilines is 1. The van der Waals surface area contributed by atoms with Gasteiger partial charge < -0.3 is 10.6 Å². The highest BCUT2D eigenvalue weighted by atomic mass is 32.2. The van der Waals surface area contributed by atoms with Gasteiger partial charge in [0.2, 0.25) is 11.8 Å². The molecule has 0 bridgehead atoms. The lowest BCUT2D eigenvalue weighted by molar-refractivity contribution is -0.123. The molecule has 7 heteroatoms. The number of para-hydroxylation sites is 1. The van der Waals surface area contributed by atoms with Crippen molar-refractivity contribution in [3.63, 3.8) is 0 Å². The lowest BCUT2D eigenvalue weighted by Crippen LogP contribution is -2.51. The molecule has 0 atom stereocenters. The normalized spacial score (nSPS) is 15.1. The summed E-state index contributed by atoms with van der Waals surface area (Å²) in [6.45, 7) is 6.53. The highest BCUT2D eigenvalue weighted by Gasteiger charge is 2.20. The maximum atomic E-state index is 12.6. The molecule has 1 fully saturated rings. The fraction of sp³-hybridized carbons (Fsp3) is 0.364. The molecule has 0 aliphatic carbocycles. The van der Waals surface area contributed by atoms with Crippen LogP contribution in [0.3, 0.4) is 0 Å². The molecule has 1 heterocycles. The van der Waals surface area contributed by atoms with Gasteiger partial charge in [-0.1, -0.05) is 42.1 Å².